The second-order valence-corrected chi connectivity index (χ2v) is 5.41. The fraction of sp³-hybridized carbons (Fsp3) is 0.167. The highest BCUT2D eigenvalue weighted by molar-refractivity contribution is 7.10. The Labute approximate surface area is 112 Å². The van der Waals surface area contributed by atoms with Gasteiger partial charge in [-0.25, -0.2) is 4.39 Å². The van der Waals surface area contributed by atoms with Gasteiger partial charge in [-0.1, -0.05) is 23.2 Å². The summed E-state index contributed by atoms with van der Waals surface area (Å²) in [4.78, 5) is 0.746. The molecule has 1 aromatic heterocycles. The first-order valence-corrected chi connectivity index (χ1v) is 6.56. The minimum Gasteiger partial charge on any atom is -0.387 e. The smallest absolute Gasteiger partial charge is 0.123 e. The summed E-state index contributed by atoms with van der Waals surface area (Å²) in [5, 5.41) is 12.8. The Balaban J connectivity index is 2.18. The van der Waals surface area contributed by atoms with E-state index in [1.807, 2.05) is 0 Å². The number of benzene rings is 1. The van der Waals surface area contributed by atoms with Crippen LogP contribution in [0.2, 0.25) is 10.0 Å². The van der Waals surface area contributed by atoms with Crippen molar-refractivity contribution in [1.82, 2.24) is 0 Å². The maximum absolute atomic E-state index is 13.0. The molecule has 0 bridgehead atoms. The molecule has 0 amide bonds. The second kappa shape index (κ2) is 5.36. The van der Waals surface area contributed by atoms with Crippen molar-refractivity contribution >= 4 is 34.5 Å². The average molecular weight is 291 g/mol. The summed E-state index contributed by atoms with van der Waals surface area (Å²) in [5.41, 5.74) is 0.587. The van der Waals surface area contributed by atoms with Gasteiger partial charge in [0.2, 0.25) is 0 Å². The summed E-state index contributed by atoms with van der Waals surface area (Å²) in [7, 11) is 0. The monoisotopic (exact) mass is 290 g/mol. The number of hydrogen-bond acceptors (Lipinski definition) is 2. The van der Waals surface area contributed by atoms with Gasteiger partial charge in [0.1, 0.15) is 5.82 Å². The Kier molecular flexibility index (Phi) is 4.05. The van der Waals surface area contributed by atoms with Gasteiger partial charge < -0.3 is 5.11 Å². The zero-order chi connectivity index (χ0) is 12.4. The SMILES string of the molecule is OC(Cc1cc(F)ccc1Cl)c1cc(Cl)cs1. The van der Waals surface area contributed by atoms with Gasteiger partial charge in [0.25, 0.3) is 0 Å². The maximum Gasteiger partial charge on any atom is 0.123 e. The number of hydrogen-bond donors (Lipinski definition) is 1. The molecule has 5 heteroatoms. The summed E-state index contributed by atoms with van der Waals surface area (Å²) < 4.78 is 13.0. The molecule has 17 heavy (non-hydrogen) atoms. The zero-order valence-corrected chi connectivity index (χ0v) is 11.0. The Bertz CT molecular complexity index is 527. The molecule has 90 valence electrons. The van der Waals surface area contributed by atoms with Crippen molar-refractivity contribution in [2.24, 2.45) is 0 Å². The van der Waals surface area contributed by atoms with E-state index in [0.717, 1.165) is 4.88 Å². The van der Waals surface area contributed by atoms with Crippen molar-refractivity contribution in [3.05, 3.63) is 55.9 Å². The van der Waals surface area contributed by atoms with E-state index >= 15 is 0 Å². The molecule has 1 aromatic carbocycles. The summed E-state index contributed by atoms with van der Waals surface area (Å²) in [5.74, 6) is -0.360. The van der Waals surface area contributed by atoms with Gasteiger partial charge in [-0.3, -0.25) is 0 Å². The van der Waals surface area contributed by atoms with Gasteiger partial charge in [-0.2, -0.15) is 0 Å². The van der Waals surface area contributed by atoms with Crippen LogP contribution in [-0.2, 0) is 6.42 Å². The van der Waals surface area contributed by atoms with Gasteiger partial charge in [-0.05, 0) is 29.8 Å². The Hall–Kier alpha value is -0.610. The molecule has 0 aliphatic heterocycles. The van der Waals surface area contributed by atoms with Crippen molar-refractivity contribution in [3.63, 3.8) is 0 Å². The summed E-state index contributed by atoms with van der Waals surface area (Å²) in [6.45, 7) is 0. The van der Waals surface area contributed by atoms with Crippen molar-refractivity contribution in [1.29, 1.82) is 0 Å². The highest BCUT2D eigenvalue weighted by Crippen LogP contribution is 2.29. The van der Waals surface area contributed by atoms with E-state index in [1.165, 1.54) is 29.5 Å². The molecule has 2 rings (SSSR count). The van der Waals surface area contributed by atoms with Crippen LogP contribution in [0.25, 0.3) is 0 Å². The standard InChI is InChI=1S/C12H9Cl2FOS/c13-8-5-12(17-6-8)11(16)4-7-3-9(15)1-2-10(7)14/h1-3,5-6,11,16H,4H2. The number of thiophene rings is 1. The lowest BCUT2D eigenvalue weighted by Crippen LogP contribution is -2.00. The van der Waals surface area contributed by atoms with Crippen LogP contribution in [0, 0.1) is 5.82 Å². The van der Waals surface area contributed by atoms with Crippen LogP contribution in [0.3, 0.4) is 0 Å². The van der Waals surface area contributed by atoms with Crippen molar-refractivity contribution in [2.45, 2.75) is 12.5 Å². The molecule has 0 saturated carbocycles. The lowest BCUT2D eigenvalue weighted by molar-refractivity contribution is 0.182. The molecule has 0 aliphatic rings. The lowest BCUT2D eigenvalue weighted by atomic mass is 10.1. The van der Waals surface area contributed by atoms with Crippen molar-refractivity contribution < 1.29 is 9.50 Å². The number of aliphatic hydroxyl groups is 1. The van der Waals surface area contributed by atoms with E-state index in [4.69, 9.17) is 23.2 Å². The normalized spacial score (nSPS) is 12.7. The second-order valence-electron chi connectivity index (χ2n) is 3.62. The first-order valence-electron chi connectivity index (χ1n) is 4.92. The molecule has 1 N–H and O–H groups in total. The van der Waals surface area contributed by atoms with Gasteiger partial charge in [0, 0.05) is 21.7 Å². The Morgan fingerprint density at radius 3 is 2.71 bits per heavy atom. The maximum atomic E-state index is 13.0. The molecule has 0 saturated heterocycles. The molecule has 1 atom stereocenters. The zero-order valence-electron chi connectivity index (χ0n) is 8.66. The number of rotatable bonds is 3. The van der Waals surface area contributed by atoms with Gasteiger partial charge in [0.05, 0.1) is 11.1 Å². The van der Waals surface area contributed by atoms with Crippen LogP contribution in [-0.4, -0.2) is 5.11 Å². The largest absolute Gasteiger partial charge is 0.387 e. The molecule has 0 aliphatic carbocycles. The topological polar surface area (TPSA) is 20.2 Å². The van der Waals surface area contributed by atoms with Crippen molar-refractivity contribution in [2.75, 3.05) is 0 Å². The molecular weight excluding hydrogens is 282 g/mol. The summed E-state index contributed by atoms with van der Waals surface area (Å²) >= 11 is 13.1. The molecule has 2 aromatic rings. The minimum absolute atomic E-state index is 0.271. The first-order chi connectivity index (χ1) is 8.06. The third kappa shape index (κ3) is 3.19. The molecule has 0 radical (unpaired) electrons. The van der Waals surface area contributed by atoms with Crippen LogP contribution in [0.4, 0.5) is 4.39 Å². The van der Waals surface area contributed by atoms with E-state index in [-0.39, 0.29) is 12.2 Å². The van der Waals surface area contributed by atoms with E-state index in [0.29, 0.717) is 15.6 Å². The fourth-order valence-corrected chi connectivity index (χ4v) is 2.77. The van der Waals surface area contributed by atoms with E-state index in [9.17, 15) is 9.50 Å². The first kappa shape index (κ1) is 12.8. The molecule has 0 spiro atoms. The molecule has 0 fully saturated rings. The molecule has 1 nitrogen and oxygen atoms in total. The van der Waals surface area contributed by atoms with Gasteiger partial charge >= 0.3 is 0 Å². The third-order valence-corrected chi connectivity index (χ3v) is 4.09. The molecule has 1 heterocycles. The predicted molar refractivity (Wildman–Crippen MR) is 69.4 cm³/mol. The minimum atomic E-state index is -0.716. The predicted octanol–water partition coefficient (Wildman–Crippen LogP) is 4.47. The third-order valence-electron chi connectivity index (χ3n) is 2.34. The highest BCUT2D eigenvalue weighted by Gasteiger charge is 2.13. The van der Waals surface area contributed by atoms with Crippen LogP contribution < -0.4 is 0 Å². The summed E-state index contributed by atoms with van der Waals surface area (Å²) in [6, 6.07) is 5.81. The van der Waals surface area contributed by atoms with Crippen LogP contribution in [0.1, 0.15) is 16.5 Å². The highest BCUT2D eigenvalue weighted by atomic mass is 35.5. The van der Waals surface area contributed by atoms with Gasteiger partial charge in [-0.15, -0.1) is 11.3 Å². The van der Waals surface area contributed by atoms with E-state index in [1.54, 1.807) is 11.4 Å². The van der Waals surface area contributed by atoms with Crippen molar-refractivity contribution in [3.8, 4) is 0 Å². The number of aliphatic hydroxyl groups excluding tert-OH is 1. The lowest BCUT2D eigenvalue weighted by Gasteiger charge is -2.10. The molecular formula is C12H9Cl2FOS. The Morgan fingerprint density at radius 2 is 2.06 bits per heavy atom. The fourth-order valence-electron chi connectivity index (χ4n) is 1.51. The quantitative estimate of drug-likeness (QED) is 0.884. The summed E-state index contributed by atoms with van der Waals surface area (Å²) in [6.07, 6.45) is -0.445. The number of halogens is 3. The van der Waals surface area contributed by atoms with E-state index < -0.39 is 6.10 Å². The van der Waals surface area contributed by atoms with Crippen LogP contribution in [0.15, 0.2) is 29.6 Å². The molecule has 1 unspecified atom stereocenters. The van der Waals surface area contributed by atoms with Crippen LogP contribution >= 0.6 is 34.5 Å². The van der Waals surface area contributed by atoms with Crippen LogP contribution in [0.5, 0.6) is 0 Å². The van der Waals surface area contributed by atoms with Gasteiger partial charge in [0.15, 0.2) is 0 Å². The van der Waals surface area contributed by atoms with E-state index in [2.05, 4.69) is 0 Å². The Morgan fingerprint density at radius 1 is 1.29 bits per heavy atom. The average Bonchev–Trinajstić information content (AvgIpc) is 2.70.